The SMILES string of the molecule is Cc1ccc(S(=O)(=O)N(CC(=O)N/N=C\c2cc(C)n(-c3ccc(F)cc3)c2C)c2cccc(C(F)(F)F)c2)cc1. The maximum Gasteiger partial charge on any atom is 0.416 e. The third-order valence-corrected chi connectivity index (χ3v) is 8.09. The molecular weight excluding hydrogens is 560 g/mol. The van der Waals surface area contributed by atoms with Crippen molar-refractivity contribution in [3.8, 4) is 5.69 Å². The molecule has 1 N–H and O–H groups in total. The van der Waals surface area contributed by atoms with Crippen LogP contribution in [0.5, 0.6) is 0 Å². The second-order valence-electron chi connectivity index (χ2n) is 9.30. The largest absolute Gasteiger partial charge is 0.416 e. The number of sulfonamides is 1. The van der Waals surface area contributed by atoms with Crippen molar-refractivity contribution < 1.29 is 30.8 Å². The van der Waals surface area contributed by atoms with Gasteiger partial charge in [0.05, 0.1) is 22.4 Å². The molecule has 0 saturated heterocycles. The van der Waals surface area contributed by atoms with Crippen LogP contribution >= 0.6 is 0 Å². The highest BCUT2D eigenvalue weighted by molar-refractivity contribution is 7.92. The third-order valence-electron chi connectivity index (χ3n) is 6.31. The Morgan fingerprint density at radius 1 is 0.976 bits per heavy atom. The number of carbonyl (C=O) groups excluding carboxylic acids is 1. The molecule has 0 spiro atoms. The molecule has 4 rings (SSSR count). The Morgan fingerprint density at radius 3 is 2.27 bits per heavy atom. The standard InChI is InChI=1S/C29H26F4N4O3S/c1-19-7-13-27(14-8-19)41(39,40)36(26-6-4-5-23(16-26)29(31,32)33)18-28(38)35-34-17-22-15-20(2)37(21(22)3)25-11-9-24(30)10-12-25/h4-17H,18H2,1-3H3,(H,35,38)/b34-17-. The molecule has 3 aromatic carbocycles. The summed E-state index contributed by atoms with van der Waals surface area (Å²) in [5, 5.41) is 3.94. The van der Waals surface area contributed by atoms with Gasteiger partial charge in [-0.05, 0) is 81.4 Å². The number of benzene rings is 3. The van der Waals surface area contributed by atoms with E-state index in [9.17, 15) is 30.8 Å². The van der Waals surface area contributed by atoms with Crippen LogP contribution in [-0.4, -0.2) is 31.7 Å². The number of anilines is 1. The molecule has 1 heterocycles. The number of halogens is 4. The van der Waals surface area contributed by atoms with Crippen LogP contribution < -0.4 is 9.73 Å². The molecule has 0 unspecified atom stereocenters. The maximum atomic E-state index is 13.5. The van der Waals surface area contributed by atoms with Crippen molar-refractivity contribution in [1.82, 2.24) is 9.99 Å². The molecule has 0 radical (unpaired) electrons. The van der Waals surface area contributed by atoms with Crippen molar-refractivity contribution in [2.75, 3.05) is 10.8 Å². The molecule has 1 aromatic heterocycles. The summed E-state index contributed by atoms with van der Waals surface area (Å²) in [6.07, 6.45) is -3.36. The first-order chi connectivity index (χ1) is 19.3. The zero-order valence-electron chi connectivity index (χ0n) is 22.3. The van der Waals surface area contributed by atoms with Gasteiger partial charge in [-0.3, -0.25) is 9.10 Å². The summed E-state index contributed by atoms with van der Waals surface area (Å²) in [6.45, 7) is 4.57. The van der Waals surface area contributed by atoms with Crippen molar-refractivity contribution in [2.24, 2.45) is 5.10 Å². The average molecular weight is 587 g/mol. The summed E-state index contributed by atoms with van der Waals surface area (Å²) < 4.78 is 82.9. The maximum absolute atomic E-state index is 13.5. The molecular formula is C29H26F4N4O3S. The lowest BCUT2D eigenvalue weighted by molar-refractivity contribution is -0.137. The Kier molecular flexibility index (Phi) is 8.34. The van der Waals surface area contributed by atoms with Crippen molar-refractivity contribution in [3.05, 3.63) is 113 Å². The number of alkyl halides is 3. The predicted molar refractivity (Wildman–Crippen MR) is 148 cm³/mol. The van der Waals surface area contributed by atoms with Gasteiger partial charge in [-0.2, -0.15) is 18.3 Å². The number of nitrogens with one attached hydrogen (secondary N) is 1. The Labute approximate surface area is 234 Å². The van der Waals surface area contributed by atoms with Gasteiger partial charge in [0.1, 0.15) is 12.4 Å². The lowest BCUT2D eigenvalue weighted by atomic mass is 10.2. The fourth-order valence-electron chi connectivity index (χ4n) is 4.24. The monoisotopic (exact) mass is 586 g/mol. The minimum atomic E-state index is -4.72. The Bertz CT molecular complexity index is 1700. The van der Waals surface area contributed by atoms with Crippen LogP contribution in [0.3, 0.4) is 0 Å². The number of hydrogen-bond donors (Lipinski definition) is 1. The first kappa shape index (κ1) is 29.5. The minimum absolute atomic E-state index is 0.190. The van der Waals surface area contributed by atoms with Crippen LogP contribution in [0.15, 0.2) is 88.9 Å². The van der Waals surface area contributed by atoms with E-state index in [1.807, 2.05) is 18.4 Å². The number of aryl methyl sites for hydroxylation is 2. The normalized spacial score (nSPS) is 12.1. The Morgan fingerprint density at radius 2 is 1.63 bits per heavy atom. The van der Waals surface area contributed by atoms with Gasteiger partial charge >= 0.3 is 6.18 Å². The number of nitrogens with zero attached hydrogens (tertiary/aromatic N) is 3. The van der Waals surface area contributed by atoms with Crippen molar-refractivity contribution >= 4 is 27.8 Å². The van der Waals surface area contributed by atoms with Gasteiger partial charge in [0.25, 0.3) is 15.9 Å². The van der Waals surface area contributed by atoms with Gasteiger partial charge in [-0.1, -0.05) is 23.8 Å². The van der Waals surface area contributed by atoms with E-state index < -0.39 is 34.2 Å². The lowest BCUT2D eigenvalue weighted by Gasteiger charge is -2.24. The highest BCUT2D eigenvalue weighted by Crippen LogP contribution is 2.33. The smallest absolute Gasteiger partial charge is 0.318 e. The first-order valence-corrected chi connectivity index (χ1v) is 13.7. The van der Waals surface area contributed by atoms with E-state index >= 15 is 0 Å². The van der Waals surface area contributed by atoms with Crippen molar-refractivity contribution in [3.63, 3.8) is 0 Å². The molecule has 0 saturated carbocycles. The van der Waals surface area contributed by atoms with Crippen molar-refractivity contribution in [1.29, 1.82) is 0 Å². The average Bonchev–Trinajstić information content (AvgIpc) is 3.20. The molecule has 1 amide bonds. The van der Waals surface area contributed by atoms with Crippen LogP contribution in [0, 0.1) is 26.6 Å². The van der Waals surface area contributed by atoms with Crippen LogP contribution in [0.1, 0.15) is 28.1 Å². The molecule has 12 heteroatoms. The van der Waals surface area contributed by atoms with Gasteiger partial charge in [0.15, 0.2) is 0 Å². The predicted octanol–water partition coefficient (Wildman–Crippen LogP) is 5.91. The van der Waals surface area contributed by atoms with Crippen LogP contribution in [0.4, 0.5) is 23.2 Å². The van der Waals surface area contributed by atoms with Gasteiger partial charge < -0.3 is 4.57 Å². The molecule has 0 aliphatic carbocycles. The van der Waals surface area contributed by atoms with E-state index in [1.54, 1.807) is 37.3 Å². The number of hydrazone groups is 1. The molecule has 0 aliphatic rings. The molecule has 0 aliphatic heterocycles. The molecule has 41 heavy (non-hydrogen) atoms. The molecule has 214 valence electrons. The second-order valence-corrected chi connectivity index (χ2v) is 11.2. The summed E-state index contributed by atoms with van der Waals surface area (Å²) in [5.74, 6) is -1.24. The quantitative estimate of drug-likeness (QED) is 0.158. The number of carbonyl (C=O) groups is 1. The highest BCUT2D eigenvalue weighted by atomic mass is 32.2. The third kappa shape index (κ3) is 6.65. The second kappa shape index (κ2) is 11.6. The molecule has 0 fully saturated rings. The molecule has 0 atom stereocenters. The van der Waals surface area contributed by atoms with E-state index in [1.165, 1.54) is 36.5 Å². The van der Waals surface area contributed by atoms with Gasteiger partial charge in [-0.15, -0.1) is 0 Å². The summed E-state index contributed by atoms with van der Waals surface area (Å²) in [7, 11) is -4.42. The fourth-order valence-corrected chi connectivity index (χ4v) is 5.65. The summed E-state index contributed by atoms with van der Waals surface area (Å²) >= 11 is 0. The highest BCUT2D eigenvalue weighted by Gasteiger charge is 2.33. The van der Waals surface area contributed by atoms with Crippen LogP contribution in [-0.2, 0) is 21.0 Å². The number of amides is 1. The summed E-state index contributed by atoms with van der Waals surface area (Å²) in [5.41, 5.74) is 4.57. The van der Waals surface area contributed by atoms with E-state index in [4.69, 9.17) is 0 Å². The topological polar surface area (TPSA) is 83.8 Å². The van der Waals surface area contributed by atoms with E-state index in [-0.39, 0.29) is 16.4 Å². The van der Waals surface area contributed by atoms with Gasteiger partial charge in [0.2, 0.25) is 0 Å². The first-order valence-electron chi connectivity index (χ1n) is 12.3. The fraction of sp³-hybridized carbons (Fsp3) is 0.172. The van der Waals surface area contributed by atoms with E-state index in [2.05, 4.69) is 10.5 Å². The number of rotatable bonds is 8. The molecule has 7 nitrogen and oxygen atoms in total. The lowest BCUT2D eigenvalue weighted by Crippen LogP contribution is -2.39. The van der Waals surface area contributed by atoms with Crippen LogP contribution in [0.2, 0.25) is 0 Å². The zero-order chi connectivity index (χ0) is 29.9. The van der Waals surface area contributed by atoms with E-state index in [0.717, 1.165) is 34.8 Å². The number of hydrogen-bond acceptors (Lipinski definition) is 4. The van der Waals surface area contributed by atoms with Crippen molar-refractivity contribution in [2.45, 2.75) is 31.8 Å². The number of aromatic nitrogens is 1. The van der Waals surface area contributed by atoms with Gasteiger partial charge in [0, 0.05) is 22.6 Å². The Balaban J connectivity index is 1.59. The van der Waals surface area contributed by atoms with E-state index in [0.29, 0.717) is 15.9 Å². The van der Waals surface area contributed by atoms with Gasteiger partial charge in [-0.25, -0.2) is 18.2 Å². The summed E-state index contributed by atoms with van der Waals surface area (Å²) in [6, 6.07) is 17.2. The van der Waals surface area contributed by atoms with Crippen LogP contribution in [0.25, 0.3) is 5.69 Å². The molecule has 0 bridgehead atoms. The minimum Gasteiger partial charge on any atom is -0.318 e. The Hall–Kier alpha value is -4.45. The molecule has 4 aromatic rings. The summed E-state index contributed by atoms with van der Waals surface area (Å²) in [4.78, 5) is 12.7. The zero-order valence-corrected chi connectivity index (χ0v) is 23.1.